The van der Waals surface area contributed by atoms with Crippen molar-refractivity contribution in [2.24, 2.45) is 5.73 Å². The first-order chi connectivity index (χ1) is 9.98. The lowest BCUT2D eigenvalue weighted by atomic mass is 9.88. The van der Waals surface area contributed by atoms with Crippen molar-refractivity contribution >= 4 is 0 Å². The fourth-order valence-electron chi connectivity index (χ4n) is 2.93. The SMILES string of the molecule is NCCN1CC(NCC(F)(F)F)CC(c2ccccc2)C1. The van der Waals surface area contributed by atoms with Crippen molar-refractivity contribution < 1.29 is 13.2 Å². The molecule has 1 fully saturated rings. The third-order valence-electron chi connectivity index (χ3n) is 3.83. The third kappa shape index (κ3) is 5.30. The first-order valence-electron chi connectivity index (χ1n) is 7.25. The molecule has 118 valence electrons. The van der Waals surface area contributed by atoms with Crippen molar-refractivity contribution in [3.05, 3.63) is 35.9 Å². The number of likely N-dealkylation sites (tertiary alicyclic amines) is 1. The van der Waals surface area contributed by atoms with Crippen LogP contribution in [-0.2, 0) is 0 Å². The standard InChI is InChI=1S/C15H22F3N3/c16-15(17,18)11-20-14-8-13(9-21(10-14)7-6-19)12-4-2-1-3-5-12/h1-5,13-14,20H,6-11,19H2. The van der Waals surface area contributed by atoms with Gasteiger partial charge in [0.25, 0.3) is 0 Å². The molecule has 1 aromatic carbocycles. The summed E-state index contributed by atoms with van der Waals surface area (Å²) < 4.78 is 37.1. The minimum absolute atomic E-state index is 0.155. The first-order valence-corrected chi connectivity index (χ1v) is 7.25. The highest BCUT2D eigenvalue weighted by molar-refractivity contribution is 5.21. The third-order valence-corrected chi connectivity index (χ3v) is 3.83. The van der Waals surface area contributed by atoms with Gasteiger partial charge in [0.1, 0.15) is 0 Å². The maximum Gasteiger partial charge on any atom is 0.401 e. The van der Waals surface area contributed by atoms with Crippen LogP contribution < -0.4 is 11.1 Å². The van der Waals surface area contributed by atoms with Crippen LogP contribution in [0.1, 0.15) is 17.9 Å². The average molecular weight is 301 g/mol. The topological polar surface area (TPSA) is 41.3 Å². The molecule has 0 aliphatic carbocycles. The summed E-state index contributed by atoms with van der Waals surface area (Å²) in [6.07, 6.45) is -3.44. The lowest BCUT2D eigenvalue weighted by molar-refractivity contribution is -0.127. The van der Waals surface area contributed by atoms with E-state index in [2.05, 4.69) is 10.2 Å². The molecule has 2 rings (SSSR count). The lowest BCUT2D eigenvalue weighted by Gasteiger charge is -2.38. The van der Waals surface area contributed by atoms with Crippen LogP contribution in [0.3, 0.4) is 0 Å². The van der Waals surface area contributed by atoms with Gasteiger partial charge in [-0.15, -0.1) is 0 Å². The van der Waals surface area contributed by atoms with Gasteiger partial charge in [0.15, 0.2) is 0 Å². The summed E-state index contributed by atoms with van der Waals surface area (Å²) in [6, 6.07) is 9.81. The second-order valence-electron chi connectivity index (χ2n) is 5.58. The molecule has 1 saturated heterocycles. The van der Waals surface area contributed by atoms with E-state index in [1.54, 1.807) is 0 Å². The molecular weight excluding hydrogens is 279 g/mol. The van der Waals surface area contributed by atoms with Gasteiger partial charge >= 0.3 is 6.18 Å². The van der Waals surface area contributed by atoms with E-state index < -0.39 is 12.7 Å². The van der Waals surface area contributed by atoms with E-state index in [1.807, 2.05) is 30.3 Å². The molecule has 0 aromatic heterocycles. The minimum Gasteiger partial charge on any atom is -0.329 e. The number of alkyl halides is 3. The van der Waals surface area contributed by atoms with Crippen molar-refractivity contribution in [3.63, 3.8) is 0 Å². The van der Waals surface area contributed by atoms with E-state index in [4.69, 9.17) is 5.73 Å². The zero-order valence-electron chi connectivity index (χ0n) is 11.9. The van der Waals surface area contributed by atoms with Gasteiger partial charge in [0, 0.05) is 32.2 Å². The van der Waals surface area contributed by atoms with Crippen LogP contribution in [0.5, 0.6) is 0 Å². The quantitative estimate of drug-likeness (QED) is 0.873. The zero-order valence-corrected chi connectivity index (χ0v) is 11.9. The van der Waals surface area contributed by atoms with Crippen molar-refractivity contribution in [2.75, 3.05) is 32.7 Å². The molecule has 2 unspecified atom stereocenters. The Labute approximate surface area is 123 Å². The number of hydrogen-bond acceptors (Lipinski definition) is 3. The highest BCUT2D eigenvalue weighted by atomic mass is 19.4. The molecule has 1 aliphatic heterocycles. The van der Waals surface area contributed by atoms with Crippen LogP contribution in [0.4, 0.5) is 13.2 Å². The van der Waals surface area contributed by atoms with Crippen molar-refractivity contribution in [2.45, 2.75) is 24.6 Å². The van der Waals surface area contributed by atoms with Gasteiger partial charge in [-0.3, -0.25) is 4.90 Å². The summed E-state index contributed by atoms with van der Waals surface area (Å²) >= 11 is 0. The van der Waals surface area contributed by atoms with E-state index in [9.17, 15) is 13.2 Å². The number of halogens is 3. The number of benzene rings is 1. The lowest BCUT2D eigenvalue weighted by Crippen LogP contribution is -2.51. The van der Waals surface area contributed by atoms with Gasteiger partial charge < -0.3 is 11.1 Å². The van der Waals surface area contributed by atoms with E-state index in [1.165, 1.54) is 5.56 Å². The number of hydrogen-bond donors (Lipinski definition) is 2. The fourth-order valence-corrected chi connectivity index (χ4v) is 2.93. The van der Waals surface area contributed by atoms with Crippen molar-refractivity contribution in [3.8, 4) is 0 Å². The van der Waals surface area contributed by atoms with Crippen molar-refractivity contribution in [1.29, 1.82) is 0 Å². The number of nitrogens with one attached hydrogen (secondary N) is 1. The largest absolute Gasteiger partial charge is 0.401 e. The second-order valence-corrected chi connectivity index (χ2v) is 5.58. The summed E-state index contributed by atoms with van der Waals surface area (Å²) in [6.45, 7) is 1.78. The van der Waals surface area contributed by atoms with Gasteiger partial charge in [-0.25, -0.2) is 0 Å². The molecule has 3 N–H and O–H groups in total. The Morgan fingerprint density at radius 2 is 1.90 bits per heavy atom. The Balaban J connectivity index is 2.01. The number of nitrogens with two attached hydrogens (primary N) is 1. The number of piperidine rings is 1. The number of rotatable bonds is 5. The van der Waals surface area contributed by atoms with Gasteiger partial charge in [0.05, 0.1) is 6.54 Å². The van der Waals surface area contributed by atoms with Gasteiger partial charge in [-0.1, -0.05) is 30.3 Å². The second kappa shape index (κ2) is 7.24. The summed E-state index contributed by atoms with van der Waals surface area (Å²) in [4.78, 5) is 2.15. The Hall–Kier alpha value is -1.11. The van der Waals surface area contributed by atoms with E-state index >= 15 is 0 Å². The molecule has 3 nitrogen and oxygen atoms in total. The Kier molecular flexibility index (Phi) is 5.61. The van der Waals surface area contributed by atoms with Crippen LogP contribution in [0, 0.1) is 0 Å². The van der Waals surface area contributed by atoms with E-state index in [0.717, 1.165) is 13.0 Å². The normalized spacial score (nSPS) is 24.2. The molecule has 21 heavy (non-hydrogen) atoms. The molecule has 0 bridgehead atoms. The Morgan fingerprint density at radius 1 is 1.19 bits per heavy atom. The highest BCUT2D eigenvalue weighted by Gasteiger charge is 2.32. The molecule has 0 amide bonds. The maximum atomic E-state index is 12.4. The van der Waals surface area contributed by atoms with Gasteiger partial charge in [-0.2, -0.15) is 13.2 Å². The Bertz CT molecular complexity index is 422. The van der Waals surface area contributed by atoms with Crippen LogP contribution in [0.2, 0.25) is 0 Å². The summed E-state index contributed by atoms with van der Waals surface area (Å²) in [7, 11) is 0. The molecule has 1 heterocycles. The molecule has 0 saturated carbocycles. The smallest absolute Gasteiger partial charge is 0.329 e. The first kappa shape index (κ1) is 16.3. The predicted molar refractivity (Wildman–Crippen MR) is 77.1 cm³/mol. The summed E-state index contributed by atoms with van der Waals surface area (Å²) in [5.74, 6) is 0.247. The predicted octanol–water partition coefficient (Wildman–Crippen LogP) is 1.96. The molecule has 2 atom stereocenters. The summed E-state index contributed by atoms with van der Waals surface area (Å²) in [5.41, 5.74) is 6.77. The Morgan fingerprint density at radius 3 is 2.52 bits per heavy atom. The minimum atomic E-state index is -4.17. The summed E-state index contributed by atoms with van der Waals surface area (Å²) in [5, 5.41) is 2.64. The highest BCUT2D eigenvalue weighted by Crippen LogP contribution is 2.27. The van der Waals surface area contributed by atoms with Crippen LogP contribution in [0.15, 0.2) is 30.3 Å². The zero-order chi connectivity index (χ0) is 15.3. The van der Waals surface area contributed by atoms with Crippen LogP contribution in [-0.4, -0.2) is 49.8 Å². The van der Waals surface area contributed by atoms with Crippen molar-refractivity contribution in [1.82, 2.24) is 10.2 Å². The van der Waals surface area contributed by atoms with Gasteiger partial charge in [-0.05, 0) is 17.9 Å². The van der Waals surface area contributed by atoms with Crippen LogP contribution in [0.25, 0.3) is 0 Å². The number of nitrogens with zero attached hydrogens (tertiary/aromatic N) is 1. The van der Waals surface area contributed by atoms with Gasteiger partial charge in [0.2, 0.25) is 0 Å². The molecule has 0 spiro atoms. The van der Waals surface area contributed by atoms with Crippen LogP contribution >= 0.6 is 0 Å². The fraction of sp³-hybridized carbons (Fsp3) is 0.600. The molecule has 0 radical (unpaired) electrons. The molecule has 6 heteroatoms. The molecule has 1 aliphatic rings. The van der Waals surface area contributed by atoms with E-state index in [0.29, 0.717) is 19.6 Å². The molecular formula is C15H22F3N3. The maximum absolute atomic E-state index is 12.4. The monoisotopic (exact) mass is 301 g/mol. The molecule has 1 aromatic rings. The average Bonchev–Trinajstić information content (AvgIpc) is 2.46. The van der Waals surface area contributed by atoms with E-state index in [-0.39, 0.29) is 12.0 Å².